The monoisotopic (exact) mass is 532 g/mol. The highest BCUT2D eigenvalue weighted by molar-refractivity contribution is 6.27. The van der Waals surface area contributed by atoms with Gasteiger partial charge in [-0.2, -0.15) is 5.26 Å². The molecule has 1 saturated carbocycles. The largest absolute Gasteiger partial charge is 0.310 e. The van der Waals surface area contributed by atoms with Gasteiger partial charge in [-0.05, 0) is 112 Å². The van der Waals surface area contributed by atoms with Gasteiger partial charge < -0.3 is 4.90 Å². The second-order valence-corrected chi connectivity index (χ2v) is 11.9. The molecular formula is C39H36N2. The predicted octanol–water partition coefficient (Wildman–Crippen LogP) is 11.5. The molecule has 1 aliphatic carbocycles. The Balaban J connectivity index is 1.54. The molecule has 2 heteroatoms. The summed E-state index contributed by atoms with van der Waals surface area (Å²) in [5, 5.41) is 17.7. The van der Waals surface area contributed by atoms with E-state index in [0.29, 0.717) is 17.4 Å². The summed E-state index contributed by atoms with van der Waals surface area (Å²) >= 11 is 0. The first-order valence-corrected chi connectivity index (χ1v) is 15.3. The first-order valence-electron chi connectivity index (χ1n) is 15.3. The van der Waals surface area contributed by atoms with Gasteiger partial charge in [-0.15, -0.1) is 0 Å². The van der Waals surface area contributed by atoms with Crippen molar-refractivity contribution < 1.29 is 0 Å². The van der Waals surface area contributed by atoms with Crippen LogP contribution in [0.1, 0.15) is 80.9 Å². The van der Waals surface area contributed by atoms with E-state index in [4.69, 9.17) is 0 Å². The van der Waals surface area contributed by atoms with E-state index in [-0.39, 0.29) is 0 Å². The van der Waals surface area contributed by atoms with Crippen LogP contribution in [0.5, 0.6) is 0 Å². The lowest BCUT2D eigenvalue weighted by atomic mass is 9.77. The van der Waals surface area contributed by atoms with Crippen LogP contribution in [0.15, 0.2) is 97.1 Å². The third kappa shape index (κ3) is 4.32. The highest BCUT2D eigenvalue weighted by Crippen LogP contribution is 2.48. The van der Waals surface area contributed by atoms with E-state index < -0.39 is 0 Å². The second kappa shape index (κ2) is 10.6. The van der Waals surface area contributed by atoms with Crippen LogP contribution >= 0.6 is 0 Å². The molecule has 6 aromatic carbocycles. The lowest BCUT2D eigenvalue weighted by molar-refractivity contribution is 0.445. The zero-order chi connectivity index (χ0) is 27.9. The molecule has 0 aromatic heterocycles. The fourth-order valence-electron chi connectivity index (χ4n) is 7.20. The van der Waals surface area contributed by atoms with Crippen molar-refractivity contribution in [3.05, 3.63) is 114 Å². The molecule has 6 aromatic rings. The van der Waals surface area contributed by atoms with E-state index in [1.165, 1.54) is 70.0 Å². The van der Waals surface area contributed by atoms with Crippen molar-refractivity contribution in [3.8, 4) is 6.07 Å². The molecule has 2 nitrogen and oxygen atoms in total. The van der Waals surface area contributed by atoms with Crippen LogP contribution < -0.4 is 4.90 Å². The standard InChI is InChI=1S/C39H36N2/c1-3-26(2)35-24-36(28-10-6-4-7-11-28)33-21-22-34-37(23-17-29-16-20-32(35)39(33)38(29)34)41(30-12-8-5-9-13-30)31-18-14-27(25-40)15-19-31/h5,8-9,12-24,26,28H,3-4,6-7,10-11H2,1-2H3. The summed E-state index contributed by atoms with van der Waals surface area (Å²) in [6.07, 6.45) is 7.79. The van der Waals surface area contributed by atoms with Gasteiger partial charge in [0.05, 0.1) is 17.3 Å². The molecule has 202 valence electrons. The molecule has 1 unspecified atom stereocenters. The van der Waals surface area contributed by atoms with Crippen LogP contribution in [0.25, 0.3) is 32.3 Å². The molecule has 1 aliphatic rings. The molecular weight excluding hydrogens is 496 g/mol. The van der Waals surface area contributed by atoms with E-state index >= 15 is 0 Å². The molecule has 1 fully saturated rings. The second-order valence-electron chi connectivity index (χ2n) is 11.9. The van der Waals surface area contributed by atoms with Gasteiger partial charge in [0.25, 0.3) is 0 Å². The van der Waals surface area contributed by atoms with Crippen molar-refractivity contribution in [2.75, 3.05) is 4.90 Å². The quantitative estimate of drug-likeness (QED) is 0.199. The SMILES string of the molecule is CCC(C)c1cc(C2CCCCC2)c2ccc3c(N(c4ccccc4)c4ccc(C#N)cc4)ccc4ccc1c2c43. The summed E-state index contributed by atoms with van der Waals surface area (Å²) in [7, 11) is 0. The van der Waals surface area contributed by atoms with Crippen LogP contribution in [0.4, 0.5) is 17.1 Å². The zero-order valence-corrected chi connectivity index (χ0v) is 24.0. The van der Waals surface area contributed by atoms with E-state index in [2.05, 4.69) is 110 Å². The number of hydrogen-bond donors (Lipinski definition) is 0. The predicted molar refractivity (Wildman–Crippen MR) is 174 cm³/mol. The summed E-state index contributed by atoms with van der Waals surface area (Å²) in [6.45, 7) is 4.71. The first kappa shape index (κ1) is 25.6. The number of nitrogens with zero attached hydrogens (tertiary/aromatic N) is 2. The minimum atomic E-state index is 0.515. The summed E-state index contributed by atoms with van der Waals surface area (Å²) in [4.78, 5) is 2.34. The third-order valence-electron chi connectivity index (χ3n) is 9.52. The fraction of sp³-hybridized carbons (Fsp3) is 0.256. The Hall–Kier alpha value is -4.35. The molecule has 0 aliphatic heterocycles. The Bertz CT molecular complexity index is 1870. The van der Waals surface area contributed by atoms with E-state index in [0.717, 1.165) is 23.5 Å². The van der Waals surface area contributed by atoms with Gasteiger partial charge in [0.15, 0.2) is 0 Å². The normalized spacial score (nSPS) is 15.0. The van der Waals surface area contributed by atoms with E-state index in [1.54, 1.807) is 5.56 Å². The topological polar surface area (TPSA) is 27.0 Å². The fourth-order valence-corrected chi connectivity index (χ4v) is 7.20. The molecule has 0 saturated heterocycles. The van der Waals surface area contributed by atoms with Crippen molar-refractivity contribution in [3.63, 3.8) is 0 Å². The average molecular weight is 533 g/mol. The minimum Gasteiger partial charge on any atom is -0.310 e. The van der Waals surface area contributed by atoms with E-state index in [9.17, 15) is 5.26 Å². The molecule has 0 amide bonds. The smallest absolute Gasteiger partial charge is 0.0991 e. The van der Waals surface area contributed by atoms with Gasteiger partial charge in [-0.25, -0.2) is 0 Å². The summed E-state index contributed by atoms with van der Waals surface area (Å²) < 4.78 is 0. The number of benzene rings is 6. The highest BCUT2D eigenvalue weighted by Gasteiger charge is 2.24. The Kier molecular flexibility index (Phi) is 6.60. The number of para-hydroxylation sites is 1. The van der Waals surface area contributed by atoms with Crippen LogP contribution in [0.2, 0.25) is 0 Å². The van der Waals surface area contributed by atoms with Crippen molar-refractivity contribution in [2.24, 2.45) is 0 Å². The van der Waals surface area contributed by atoms with Crippen LogP contribution in [0, 0.1) is 11.3 Å². The number of anilines is 3. The number of nitriles is 1. The maximum atomic E-state index is 9.43. The molecule has 1 atom stereocenters. The molecule has 0 bridgehead atoms. The van der Waals surface area contributed by atoms with Gasteiger partial charge >= 0.3 is 0 Å². The first-order chi connectivity index (χ1) is 20.2. The average Bonchev–Trinajstić information content (AvgIpc) is 3.05. The molecule has 0 radical (unpaired) electrons. The highest BCUT2D eigenvalue weighted by atomic mass is 15.1. The lowest BCUT2D eigenvalue weighted by Crippen LogP contribution is -2.11. The Labute approximate surface area is 243 Å². The zero-order valence-electron chi connectivity index (χ0n) is 24.0. The van der Waals surface area contributed by atoms with Gasteiger partial charge in [-0.3, -0.25) is 0 Å². The molecule has 0 spiro atoms. The Morgan fingerprint density at radius 2 is 1.44 bits per heavy atom. The van der Waals surface area contributed by atoms with Gasteiger partial charge in [0, 0.05) is 16.8 Å². The van der Waals surface area contributed by atoms with Gasteiger partial charge in [0.1, 0.15) is 0 Å². The summed E-state index contributed by atoms with van der Waals surface area (Å²) in [5.41, 5.74) is 7.07. The summed E-state index contributed by atoms with van der Waals surface area (Å²) in [6, 6.07) is 37.4. The third-order valence-corrected chi connectivity index (χ3v) is 9.52. The maximum absolute atomic E-state index is 9.43. The van der Waals surface area contributed by atoms with E-state index in [1.807, 2.05) is 12.1 Å². The van der Waals surface area contributed by atoms with Crippen LogP contribution in [-0.4, -0.2) is 0 Å². The van der Waals surface area contributed by atoms with Crippen molar-refractivity contribution in [1.82, 2.24) is 0 Å². The molecule has 0 heterocycles. The van der Waals surface area contributed by atoms with Crippen molar-refractivity contribution >= 4 is 49.4 Å². The summed E-state index contributed by atoms with van der Waals surface area (Å²) in [5.74, 6) is 1.16. The Morgan fingerprint density at radius 1 is 0.756 bits per heavy atom. The number of rotatable bonds is 6. The molecule has 7 rings (SSSR count). The molecule has 0 N–H and O–H groups in total. The van der Waals surface area contributed by atoms with Crippen molar-refractivity contribution in [2.45, 2.75) is 64.2 Å². The van der Waals surface area contributed by atoms with Gasteiger partial charge in [0.2, 0.25) is 0 Å². The molecule has 41 heavy (non-hydrogen) atoms. The number of hydrogen-bond acceptors (Lipinski definition) is 2. The van der Waals surface area contributed by atoms with Crippen molar-refractivity contribution in [1.29, 1.82) is 5.26 Å². The maximum Gasteiger partial charge on any atom is 0.0991 e. The minimum absolute atomic E-state index is 0.515. The van der Waals surface area contributed by atoms with Gasteiger partial charge in [-0.1, -0.05) is 87.7 Å². The Morgan fingerprint density at radius 3 is 2.17 bits per heavy atom. The van der Waals surface area contributed by atoms with Crippen LogP contribution in [-0.2, 0) is 0 Å². The van der Waals surface area contributed by atoms with Crippen LogP contribution in [0.3, 0.4) is 0 Å². The lowest BCUT2D eigenvalue weighted by Gasteiger charge is -2.29.